The molecule has 0 unspecified atom stereocenters. The third-order valence-corrected chi connectivity index (χ3v) is 3.35. The van der Waals surface area contributed by atoms with E-state index in [9.17, 15) is 9.59 Å². The van der Waals surface area contributed by atoms with Crippen molar-refractivity contribution in [2.24, 2.45) is 0 Å². The number of pyridine rings is 1. The second kappa shape index (κ2) is 5.05. The summed E-state index contributed by atoms with van der Waals surface area (Å²) < 4.78 is 6.98. The van der Waals surface area contributed by atoms with E-state index in [-0.39, 0.29) is 6.54 Å². The monoisotopic (exact) mass is 332 g/mol. The maximum atomic E-state index is 11.9. The molecule has 0 aliphatic rings. The zero-order valence-corrected chi connectivity index (χ0v) is 11.8. The molecule has 20 heavy (non-hydrogen) atoms. The van der Waals surface area contributed by atoms with Gasteiger partial charge in [0.1, 0.15) is 0 Å². The van der Waals surface area contributed by atoms with E-state index in [4.69, 9.17) is 4.42 Å². The van der Waals surface area contributed by atoms with Gasteiger partial charge in [0.05, 0.1) is 17.4 Å². The number of benzene rings is 1. The lowest BCUT2D eigenvalue weighted by Crippen LogP contribution is -2.25. The average Bonchev–Trinajstić information content (AvgIpc) is 2.43. The number of halogens is 1. The Labute approximate surface area is 121 Å². The molecule has 0 saturated carbocycles. The van der Waals surface area contributed by atoms with Crippen LogP contribution in [0.25, 0.3) is 10.9 Å². The van der Waals surface area contributed by atoms with Crippen LogP contribution < -0.4 is 11.4 Å². The van der Waals surface area contributed by atoms with Crippen molar-refractivity contribution in [2.45, 2.75) is 6.54 Å². The van der Waals surface area contributed by atoms with Crippen LogP contribution in [0.1, 0.15) is 5.56 Å². The van der Waals surface area contributed by atoms with E-state index in [1.54, 1.807) is 36.7 Å². The first-order valence-corrected chi connectivity index (χ1v) is 6.66. The second-order valence-electron chi connectivity index (χ2n) is 4.27. The molecule has 6 heteroatoms. The smallest absolute Gasteiger partial charge is 0.372 e. The van der Waals surface area contributed by atoms with Gasteiger partial charge in [0.2, 0.25) is 0 Å². The highest BCUT2D eigenvalue weighted by atomic mass is 79.9. The van der Waals surface area contributed by atoms with Gasteiger partial charge in [-0.05, 0) is 39.7 Å². The molecule has 100 valence electrons. The molecule has 0 aliphatic carbocycles. The maximum absolute atomic E-state index is 11.9. The molecular weight excluding hydrogens is 324 g/mol. The summed E-state index contributed by atoms with van der Waals surface area (Å²) in [6, 6.07) is 8.72. The number of hydrogen-bond donors (Lipinski definition) is 0. The van der Waals surface area contributed by atoms with Crippen LogP contribution in [0.2, 0.25) is 0 Å². The van der Waals surface area contributed by atoms with Gasteiger partial charge in [-0.25, -0.2) is 9.59 Å². The highest BCUT2D eigenvalue weighted by molar-refractivity contribution is 9.10. The molecule has 2 aromatic heterocycles. The summed E-state index contributed by atoms with van der Waals surface area (Å²) >= 11 is 3.33. The van der Waals surface area contributed by atoms with Crippen LogP contribution >= 0.6 is 15.9 Å². The Kier molecular flexibility index (Phi) is 3.23. The van der Waals surface area contributed by atoms with Crippen LogP contribution in [0.3, 0.4) is 0 Å². The highest BCUT2D eigenvalue weighted by Gasteiger charge is 2.09. The molecule has 2 heterocycles. The van der Waals surface area contributed by atoms with E-state index in [1.807, 2.05) is 6.07 Å². The fraction of sp³-hybridized carbons (Fsp3) is 0.0714. The highest BCUT2D eigenvalue weighted by Crippen LogP contribution is 2.13. The molecule has 0 saturated heterocycles. The first kappa shape index (κ1) is 12.8. The van der Waals surface area contributed by atoms with E-state index in [2.05, 4.69) is 20.9 Å². The summed E-state index contributed by atoms with van der Waals surface area (Å²) in [7, 11) is 0. The van der Waals surface area contributed by atoms with E-state index in [0.29, 0.717) is 10.9 Å². The Balaban J connectivity index is 2.21. The third kappa shape index (κ3) is 2.30. The molecule has 5 nitrogen and oxygen atoms in total. The first-order valence-electron chi connectivity index (χ1n) is 5.87. The summed E-state index contributed by atoms with van der Waals surface area (Å²) in [5, 5.41) is 0.384. The Morgan fingerprint density at radius 2 is 2.00 bits per heavy atom. The van der Waals surface area contributed by atoms with Crippen LogP contribution in [0.4, 0.5) is 0 Å². The molecular formula is C14H9BrN2O3. The van der Waals surface area contributed by atoms with Crippen molar-refractivity contribution in [3.63, 3.8) is 0 Å². The van der Waals surface area contributed by atoms with Crippen molar-refractivity contribution >= 4 is 26.8 Å². The number of aromatic nitrogens is 2. The molecule has 0 aliphatic heterocycles. The summed E-state index contributed by atoms with van der Waals surface area (Å²) in [4.78, 5) is 27.6. The number of nitrogens with zero attached hydrogens (tertiary/aromatic N) is 2. The van der Waals surface area contributed by atoms with Gasteiger partial charge in [-0.1, -0.05) is 12.1 Å². The van der Waals surface area contributed by atoms with Crippen molar-refractivity contribution in [1.29, 1.82) is 0 Å². The molecule has 0 radical (unpaired) electrons. The molecule has 3 aromatic rings. The average molecular weight is 333 g/mol. The van der Waals surface area contributed by atoms with Crippen LogP contribution in [-0.2, 0) is 6.54 Å². The number of para-hydroxylation sites is 1. The SMILES string of the molecule is O=c1oc(=O)n(Cc2cncc(Br)c2)c2ccccc12. The number of rotatable bonds is 2. The van der Waals surface area contributed by atoms with E-state index >= 15 is 0 Å². The van der Waals surface area contributed by atoms with Gasteiger partial charge in [0, 0.05) is 16.9 Å². The van der Waals surface area contributed by atoms with Gasteiger partial charge in [0.25, 0.3) is 0 Å². The van der Waals surface area contributed by atoms with Gasteiger partial charge in [0.15, 0.2) is 0 Å². The summed E-state index contributed by atoms with van der Waals surface area (Å²) in [5.41, 5.74) is 0.767. The van der Waals surface area contributed by atoms with Crippen LogP contribution in [-0.4, -0.2) is 9.55 Å². The Morgan fingerprint density at radius 3 is 2.80 bits per heavy atom. The lowest BCUT2D eigenvalue weighted by molar-refractivity contribution is 0.424. The summed E-state index contributed by atoms with van der Waals surface area (Å²) in [6.07, 6.45) is 3.33. The Morgan fingerprint density at radius 1 is 1.20 bits per heavy atom. The molecule has 1 aromatic carbocycles. The van der Waals surface area contributed by atoms with Crippen molar-refractivity contribution in [1.82, 2.24) is 9.55 Å². The minimum absolute atomic E-state index is 0.287. The van der Waals surface area contributed by atoms with E-state index in [1.165, 1.54) is 4.57 Å². The van der Waals surface area contributed by atoms with Crippen LogP contribution in [0.5, 0.6) is 0 Å². The lowest BCUT2D eigenvalue weighted by Gasteiger charge is -2.08. The topological polar surface area (TPSA) is 65.1 Å². The standard InChI is InChI=1S/C14H9BrN2O3/c15-10-5-9(6-16-7-10)8-17-12-4-2-1-3-11(12)13(18)20-14(17)19/h1-7H,8H2. The third-order valence-electron chi connectivity index (χ3n) is 2.92. The fourth-order valence-electron chi connectivity index (χ4n) is 2.04. The minimum Gasteiger partial charge on any atom is -0.372 e. The van der Waals surface area contributed by atoms with E-state index in [0.717, 1.165) is 10.0 Å². The molecule has 0 amide bonds. The second-order valence-corrected chi connectivity index (χ2v) is 5.19. The number of hydrogen-bond acceptors (Lipinski definition) is 4. The van der Waals surface area contributed by atoms with Gasteiger partial charge < -0.3 is 4.42 Å². The molecule has 0 spiro atoms. The van der Waals surface area contributed by atoms with Crippen molar-refractivity contribution in [3.05, 3.63) is 73.7 Å². The predicted octanol–water partition coefficient (Wildman–Crippen LogP) is 2.16. The first-order chi connectivity index (χ1) is 9.65. The zero-order valence-electron chi connectivity index (χ0n) is 10.2. The molecule has 0 bridgehead atoms. The normalized spacial score (nSPS) is 10.8. The quantitative estimate of drug-likeness (QED) is 0.721. The van der Waals surface area contributed by atoms with Crippen molar-refractivity contribution in [2.75, 3.05) is 0 Å². The van der Waals surface area contributed by atoms with E-state index < -0.39 is 11.4 Å². The molecule has 0 fully saturated rings. The van der Waals surface area contributed by atoms with Gasteiger partial charge >= 0.3 is 11.4 Å². The lowest BCUT2D eigenvalue weighted by atomic mass is 10.2. The van der Waals surface area contributed by atoms with Gasteiger partial charge in [-0.15, -0.1) is 0 Å². The summed E-state index contributed by atoms with van der Waals surface area (Å²) in [6.45, 7) is 0.287. The van der Waals surface area contributed by atoms with Crippen molar-refractivity contribution < 1.29 is 4.42 Å². The Bertz CT molecular complexity index is 899. The maximum Gasteiger partial charge on any atom is 0.422 e. The minimum atomic E-state index is -0.673. The fourth-order valence-corrected chi connectivity index (χ4v) is 2.46. The Hall–Kier alpha value is -2.21. The molecule has 3 rings (SSSR count). The van der Waals surface area contributed by atoms with Crippen molar-refractivity contribution in [3.8, 4) is 0 Å². The van der Waals surface area contributed by atoms with Crippen LogP contribution in [0.15, 0.2) is 61.2 Å². The van der Waals surface area contributed by atoms with Gasteiger partial charge in [-0.3, -0.25) is 9.55 Å². The molecule has 0 N–H and O–H groups in total. The zero-order chi connectivity index (χ0) is 14.1. The van der Waals surface area contributed by atoms with Crippen LogP contribution in [0, 0.1) is 0 Å². The summed E-state index contributed by atoms with van der Waals surface area (Å²) in [5.74, 6) is -0.673. The predicted molar refractivity (Wildman–Crippen MR) is 77.8 cm³/mol. The van der Waals surface area contributed by atoms with Gasteiger partial charge in [-0.2, -0.15) is 0 Å². The number of fused-ring (bicyclic) bond motifs is 1. The largest absolute Gasteiger partial charge is 0.422 e. The molecule has 0 atom stereocenters.